The summed E-state index contributed by atoms with van der Waals surface area (Å²) in [6, 6.07) is 3.87. The van der Waals surface area contributed by atoms with E-state index in [1.54, 1.807) is 6.20 Å². The molecule has 1 aromatic heterocycles. The second-order valence-corrected chi connectivity index (χ2v) is 7.88. The van der Waals surface area contributed by atoms with Crippen molar-refractivity contribution in [1.82, 2.24) is 9.29 Å². The summed E-state index contributed by atoms with van der Waals surface area (Å²) >= 11 is 3.34. The van der Waals surface area contributed by atoms with Crippen LogP contribution in [0.15, 0.2) is 22.8 Å². The van der Waals surface area contributed by atoms with E-state index in [1.165, 1.54) is 0 Å². The maximum Gasteiger partial charge on any atom is 0.0998 e. The molecule has 5 heteroatoms. The number of aromatic nitrogens is 1. The molecule has 16 heavy (non-hydrogen) atoms. The first-order chi connectivity index (χ1) is 7.30. The molecule has 0 saturated carbocycles. The van der Waals surface area contributed by atoms with Crippen molar-refractivity contribution >= 4 is 26.9 Å². The van der Waals surface area contributed by atoms with Gasteiger partial charge in [0.05, 0.1) is 28.0 Å². The second kappa shape index (κ2) is 5.38. The van der Waals surface area contributed by atoms with Crippen LogP contribution in [0.1, 0.15) is 26.5 Å². The third-order valence-electron chi connectivity index (χ3n) is 1.98. The van der Waals surface area contributed by atoms with Crippen LogP contribution in [0.25, 0.3) is 0 Å². The van der Waals surface area contributed by atoms with Gasteiger partial charge in [-0.15, -0.1) is 0 Å². The van der Waals surface area contributed by atoms with Gasteiger partial charge in [0.25, 0.3) is 0 Å². The van der Waals surface area contributed by atoms with Crippen molar-refractivity contribution < 1.29 is 4.21 Å². The summed E-state index contributed by atoms with van der Waals surface area (Å²) in [7, 11) is 0.846. The predicted octanol–water partition coefficient (Wildman–Crippen LogP) is 2.74. The Kier molecular flexibility index (Phi) is 4.64. The number of nitrogens with zero attached hydrogens (tertiary/aromatic N) is 2. The van der Waals surface area contributed by atoms with Crippen LogP contribution >= 0.6 is 15.9 Å². The quantitative estimate of drug-likeness (QED) is 0.860. The average Bonchev–Trinajstić information content (AvgIpc) is 2.19. The van der Waals surface area contributed by atoms with Crippen molar-refractivity contribution in [2.75, 3.05) is 7.05 Å². The summed E-state index contributed by atoms with van der Waals surface area (Å²) in [4.78, 5) is 4.26. The lowest BCUT2D eigenvalue weighted by Crippen LogP contribution is -2.34. The number of hydrogen-bond donors (Lipinski definition) is 0. The normalized spacial score (nSPS) is 14.1. The maximum absolute atomic E-state index is 12.0. The average molecular weight is 305 g/mol. The first-order valence-electron chi connectivity index (χ1n) is 5.04. The van der Waals surface area contributed by atoms with Gasteiger partial charge in [-0.2, -0.15) is 0 Å². The van der Waals surface area contributed by atoms with E-state index >= 15 is 0 Å². The fourth-order valence-electron chi connectivity index (χ4n) is 1.25. The van der Waals surface area contributed by atoms with E-state index in [0.29, 0.717) is 6.54 Å². The van der Waals surface area contributed by atoms with Gasteiger partial charge in [0.1, 0.15) is 0 Å². The standard InChI is InChI=1S/C11H17BrN2OS/c1-11(2,3)16(15)14(4)8-10-6-5-9(12)7-13-10/h5-7H,8H2,1-4H3. The molecule has 1 heterocycles. The van der Waals surface area contributed by atoms with E-state index in [9.17, 15) is 4.21 Å². The lowest BCUT2D eigenvalue weighted by molar-refractivity contribution is 0.492. The van der Waals surface area contributed by atoms with Crippen LogP contribution in [0.3, 0.4) is 0 Å². The molecule has 0 aliphatic heterocycles. The zero-order chi connectivity index (χ0) is 12.3. The highest BCUT2D eigenvalue weighted by atomic mass is 79.9. The fourth-order valence-corrected chi connectivity index (χ4v) is 2.67. The largest absolute Gasteiger partial charge is 0.259 e. The van der Waals surface area contributed by atoms with E-state index in [0.717, 1.165) is 10.2 Å². The van der Waals surface area contributed by atoms with E-state index in [4.69, 9.17) is 0 Å². The maximum atomic E-state index is 12.0. The molecule has 3 nitrogen and oxygen atoms in total. The molecule has 0 fully saturated rings. The zero-order valence-electron chi connectivity index (χ0n) is 10.0. The summed E-state index contributed by atoms with van der Waals surface area (Å²) in [6.07, 6.45) is 1.75. The highest BCUT2D eigenvalue weighted by Crippen LogP contribution is 2.16. The van der Waals surface area contributed by atoms with Crippen molar-refractivity contribution in [3.05, 3.63) is 28.5 Å². The minimum absolute atomic E-state index is 0.232. The molecule has 0 saturated heterocycles. The van der Waals surface area contributed by atoms with Crippen LogP contribution < -0.4 is 0 Å². The van der Waals surface area contributed by atoms with Gasteiger partial charge in [-0.25, -0.2) is 8.51 Å². The molecule has 1 aromatic rings. The first kappa shape index (κ1) is 13.8. The molecule has 0 amide bonds. The Bertz CT molecular complexity index is 373. The van der Waals surface area contributed by atoms with Gasteiger partial charge >= 0.3 is 0 Å². The number of halogens is 1. The molecule has 1 rings (SSSR count). The van der Waals surface area contributed by atoms with Crippen LogP contribution in [0.5, 0.6) is 0 Å². The fraction of sp³-hybridized carbons (Fsp3) is 0.545. The predicted molar refractivity (Wildman–Crippen MR) is 71.3 cm³/mol. The lowest BCUT2D eigenvalue weighted by atomic mass is 10.3. The van der Waals surface area contributed by atoms with Crippen LogP contribution in [0, 0.1) is 0 Å². The summed E-state index contributed by atoms with van der Waals surface area (Å²) in [6.45, 7) is 6.50. The molecule has 0 bridgehead atoms. The first-order valence-corrected chi connectivity index (χ1v) is 6.94. The monoisotopic (exact) mass is 304 g/mol. The number of pyridine rings is 1. The molecule has 1 atom stereocenters. The molecule has 0 spiro atoms. The molecule has 1 unspecified atom stereocenters. The Labute approximate surface area is 108 Å². The van der Waals surface area contributed by atoms with Gasteiger partial charge < -0.3 is 0 Å². The summed E-state index contributed by atoms with van der Waals surface area (Å²) < 4.78 is 14.6. The lowest BCUT2D eigenvalue weighted by Gasteiger charge is -2.25. The van der Waals surface area contributed by atoms with Crippen LogP contribution in [0.4, 0.5) is 0 Å². The van der Waals surface area contributed by atoms with Crippen LogP contribution in [0.2, 0.25) is 0 Å². The van der Waals surface area contributed by atoms with Gasteiger partial charge in [0.15, 0.2) is 0 Å². The molecule has 0 radical (unpaired) electrons. The SMILES string of the molecule is CN(Cc1ccc(Br)cn1)S(=O)C(C)(C)C. The van der Waals surface area contributed by atoms with E-state index < -0.39 is 11.0 Å². The summed E-state index contributed by atoms with van der Waals surface area (Å²) in [5, 5.41) is 0. The van der Waals surface area contributed by atoms with Crippen LogP contribution in [-0.4, -0.2) is 25.3 Å². The van der Waals surface area contributed by atoms with Gasteiger partial charge in [-0.1, -0.05) is 0 Å². The van der Waals surface area contributed by atoms with Crippen molar-refractivity contribution in [2.24, 2.45) is 0 Å². The highest BCUT2D eigenvalue weighted by molar-refractivity contribution is 9.10. The van der Waals surface area contributed by atoms with Crippen molar-refractivity contribution in [3.63, 3.8) is 0 Å². The Hall–Kier alpha value is -0.260. The second-order valence-electron chi connectivity index (χ2n) is 4.62. The Balaban J connectivity index is 2.68. The van der Waals surface area contributed by atoms with Gasteiger partial charge in [0, 0.05) is 17.7 Å². The third kappa shape index (κ3) is 3.96. The summed E-state index contributed by atoms with van der Waals surface area (Å²) in [5.41, 5.74) is 0.920. The number of rotatable bonds is 3. The Morgan fingerprint density at radius 1 is 1.44 bits per heavy atom. The van der Waals surface area contributed by atoms with E-state index in [-0.39, 0.29) is 4.75 Å². The van der Waals surface area contributed by atoms with Gasteiger partial charge in [-0.3, -0.25) is 4.98 Å². The minimum atomic E-state index is -1.01. The minimum Gasteiger partial charge on any atom is -0.259 e. The molecule has 90 valence electrons. The third-order valence-corrected chi connectivity index (χ3v) is 4.19. The summed E-state index contributed by atoms with van der Waals surface area (Å²) in [5.74, 6) is 0. The van der Waals surface area contributed by atoms with E-state index in [1.807, 2.05) is 44.3 Å². The Morgan fingerprint density at radius 2 is 2.06 bits per heavy atom. The molecular weight excluding hydrogens is 288 g/mol. The van der Waals surface area contributed by atoms with Crippen molar-refractivity contribution in [3.8, 4) is 0 Å². The molecule has 0 N–H and O–H groups in total. The molecular formula is C11H17BrN2OS. The zero-order valence-corrected chi connectivity index (χ0v) is 12.4. The smallest absolute Gasteiger partial charge is 0.0998 e. The van der Waals surface area contributed by atoms with Gasteiger partial charge in [-0.05, 0) is 48.8 Å². The van der Waals surface area contributed by atoms with E-state index in [2.05, 4.69) is 20.9 Å². The highest BCUT2D eigenvalue weighted by Gasteiger charge is 2.23. The number of hydrogen-bond acceptors (Lipinski definition) is 2. The van der Waals surface area contributed by atoms with Gasteiger partial charge in [0.2, 0.25) is 0 Å². The topological polar surface area (TPSA) is 33.2 Å². The van der Waals surface area contributed by atoms with Crippen molar-refractivity contribution in [2.45, 2.75) is 32.1 Å². The Morgan fingerprint density at radius 3 is 2.50 bits per heavy atom. The molecule has 0 aromatic carbocycles. The molecule has 0 aliphatic carbocycles. The van der Waals surface area contributed by atoms with Crippen molar-refractivity contribution in [1.29, 1.82) is 0 Å². The molecule has 0 aliphatic rings. The van der Waals surface area contributed by atoms with Crippen LogP contribution in [-0.2, 0) is 17.5 Å².